The Morgan fingerprint density at radius 1 is 1.36 bits per heavy atom. The second-order valence-corrected chi connectivity index (χ2v) is 4.75. The van der Waals surface area contributed by atoms with E-state index in [4.69, 9.17) is 5.84 Å². The van der Waals surface area contributed by atoms with E-state index < -0.39 is 17.1 Å². The number of H-pyrrole nitrogens is 1. The van der Waals surface area contributed by atoms with Crippen LogP contribution in [0, 0.1) is 5.82 Å². The number of imidazole rings is 1. The zero-order chi connectivity index (χ0) is 15.9. The van der Waals surface area contributed by atoms with Gasteiger partial charge in [-0.05, 0) is 6.07 Å². The SMILES string of the molecule is Cn1c(=O)[nH]c(=O)c2c1nc(NN)n2Cc1ccccc1F. The molecule has 0 aliphatic rings. The van der Waals surface area contributed by atoms with E-state index in [1.807, 2.05) is 0 Å². The minimum Gasteiger partial charge on any atom is -0.299 e. The molecule has 0 fully saturated rings. The topological polar surface area (TPSA) is 111 Å². The molecule has 0 spiro atoms. The number of hydrogen-bond acceptors (Lipinski definition) is 5. The average molecular weight is 304 g/mol. The van der Waals surface area contributed by atoms with Gasteiger partial charge in [0.25, 0.3) is 5.56 Å². The molecular formula is C13H13FN6O2. The summed E-state index contributed by atoms with van der Waals surface area (Å²) in [6.45, 7) is 0.0456. The number of benzene rings is 1. The van der Waals surface area contributed by atoms with Crippen LogP contribution in [0.25, 0.3) is 11.2 Å². The minimum absolute atomic E-state index is 0.0456. The highest BCUT2D eigenvalue weighted by Gasteiger charge is 2.17. The molecule has 1 aromatic carbocycles. The van der Waals surface area contributed by atoms with Gasteiger partial charge in [0.15, 0.2) is 11.2 Å². The fraction of sp³-hybridized carbons (Fsp3) is 0.154. The van der Waals surface area contributed by atoms with Crippen molar-refractivity contribution in [1.82, 2.24) is 19.1 Å². The number of aromatic amines is 1. The number of nitrogen functional groups attached to an aromatic ring is 1. The first kappa shape index (κ1) is 14.0. The number of rotatable bonds is 3. The van der Waals surface area contributed by atoms with Crippen LogP contribution in [-0.4, -0.2) is 19.1 Å². The number of fused-ring (bicyclic) bond motifs is 1. The van der Waals surface area contributed by atoms with Gasteiger partial charge in [-0.2, -0.15) is 4.98 Å². The second-order valence-electron chi connectivity index (χ2n) is 4.75. The van der Waals surface area contributed by atoms with Crippen molar-refractivity contribution in [3.63, 3.8) is 0 Å². The number of anilines is 1. The third kappa shape index (κ3) is 2.07. The molecule has 0 unspecified atom stereocenters. The van der Waals surface area contributed by atoms with Crippen LogP contribution in [0.2, 0.25) is 0 Å². The highest BCUT2D eigenvalue weighted by atomic mass is 19.1. The molecule has 3 rings (SSSR count). The maximum absolute atomic E-state index is 13.8. The van der Waals surface area contributed by atoms with Gasteiger partial charge in [0.2, 0.25) is 5.95 Å². The number of nitrogens with one attached hydrogen (secondary N) is 2. The van der Waals surface area contributed by atoms with E-state index in [0.29, 0.717) is 5.56 Å². The summed E-state index contributed by atoms with van der Waals surface area (Å²) in [7, 11) is 1.47. The van der Waals surface area contributed by atoms with Crippen LogP contribution >= 0.6 is 0 Å². The molecule has 0 radical (unpaired) electrons. The predicted octanol–water partition coefficient (Wildman–Crippen LogP) is -0.104. The van der Waals surface area contributed by atoms with Crippen molar-refractivity contribution >= 4 is 17.1 Å². The Kier molecular flexibility index (Phi) is 3.26. The van der Waals surface area contributed by atoms with Crippen molar-refractivity contribution < 1.29 is 4.39 Å². The Morgan fingerprint density at radius 2 is 2.09 bits per heavy atom. The van der Waals surface area contributed by atoms with Crippen LogP contribution in [0.1, 0.15) is 5.56 Å². The van der Waals surface area contributed by atoms with Crippen molar-refractivity contribution in [3.8, 4) is 0 Å². The first-order chi connectivity index (χ1) is 10.5. The zero-order valence-electron chi connectivity index (χ0n) is 11.6. The molecule has 2 aromatic heterocycles. The molecule has 22 heavy (non-hydrogen) atoms. The molecule has 0 aliphatic carbocycles. The number of aryl methyl sites for hydroxylation is 1. The van der Waals surface area contributed by atoms with Gasteiger partial charge in [-0.1, -0.05) is 18.2 Å². The van der Waals surface area contributed by atoms with Crippen molar-refractivity contribution in [2.45, 2.75) is 6.54 Å². The van der Waals surface area contributed by atoms with E-state index in [0.717, 1.165) is 0 Å². The van der Waals surface area contributed by atoms with Crippen LogP contribution in [0.5, 0.6) is 0 Å². The summed E-state index contributed by atoms with van der Waals surface area (Å²) in [6.07, 6.45) is 0. The maximum Gasteiger partial charge on any atom is 0.329 e. The van der Waals surface area contributed by atoms with Crippen LogP contribution in [0.3, 0.4) is 0 Å². The summed E-state index contributed by atoms with van der Waals surface area (Å²) in [5, 5.41) is 0. The number of halogens is 1. The third-order valence-corrected chi connectivity index (χ3v) is 3.42. The summed E-state index contributed by atoms with van der Waals surface area (Å²) >= 11 is 0. The van der Waals surface area contributed by atoms with Crippen LogP contribution in [0.15, 0.2) is 33.9 Å². The smallest absolute Gasteiger partial charge is 0.299 e. The van der Waals surface area contributed by atoms with E-state index in [1.165, 1.54) is 22.2 Å². The van der Waals surface area contributed by atoms with E-state index in [9.17, 15) is 14.0 Å². The normalized spacial score (nSPS) is 11.0. The maximum atomic E-state index is 13.8. The molecular weight excluding hydrogens is 291 g/mol. The van der Waals surface area contributed by atoms with E-state index >= 15 is 0 Å². The fourth-order valence-corrected chi connectivity index (χ4v) is 2.30. The molecule has 8 nitrogen and oxygen atoms in total. The highest BCUT2D eigenvalue weighted by Crippen LogP contribution is 2.18. The standard InChI is InChI=1S/C13H13FN6O2/c1-19-10-9(11(21)17-13(19)22)20(12(16-10)18-15)6-7-4-2-3-5-8(7)14/h2-5H,6,15H2,1H3,(H,16,18)(H,17,21,22). The molecule has 4 N–H and O–H groups in total. The Labute approximate surface area is 123 Å². The lowest BCUT2D eigenvalue weighted by molar-refractivity contribution is 0.602. The van der Waals surface area contributed by atoms with Gasteiger partial charge in [-0.15, -0.1) is 0 Å². The Bertz CT molecular complexity index is 971. The van der Waals surface area contributed by atoms with Crippen molar-refractivity contribution in [1.29, 1.82) is 0 Å². The van der Waals surface area contributed by atoms with E-state index in [1.54, 1.807) is 18.2 Å². The minimum atomic E-state index is -0.608. The lowest BCUT2D eigenvalue weighted by Gasteiger charge is -2.08. The number of nitrogens with two attached hydrogens (primary N) is 1. The van der Waals surface area contributed by atoms with Gasteiger partial charge < -0.3 is 0 Å². The van der Waals surface area contributed by atoms with Gasteiger partial charge in [0.1, 0.15) is 5.82 Å². The number of hydrazine groups is 1. The van der Waals surface area contributed by atoms with Crippen LogP contribution in [-0.2, 0) is 13.6 Å². The lowest BCUT2D eigenvalue weighted by atomic mass is 10.2. The molecule has 3 aromatic rings. The van der Waals surface area contributed by atoms with Gasteiger partial charge in [0, 0.05) is 12.6 Å². The summed E-state index contributed by atoms with van der Waals surface area (Å²) < 4.78 is 16.4. The number of nitrogens with zero attached hydrogens (tertiary/aromatic N) is 3. The molecule has 2 heterocycles. The molecule has 0 aliphatic heterocycles. The molecule has 0 saturated heterocycles. The largest absolute Gasteiger partial charge is 0.329 e. The molecule has 114 valence electrons. The van der Waals surface area contributed by atoms with Crippen LogP contribution in [0.4, 0.5) is 10.3 Å². The first-order valence-electron chi connectivity index (χ1n) is 6.42. The van der Waals surface area contributed by atoms with Gasteiger partial charge in [-0.25, -0.2) is 15.0 Å². The van der Waals surface area contributed by atoms with E-state index in [-0.39, 0.29) is 23.7 Å². The summed E-state index contributed by atoms with van der Waals surface area (Å²) in [5.74, 6) is 5.17. The number of aromatic nitrogens is 4. The van der Waals surface area contributed by atoms with Crippen molar-refractivity contribution in [2.24, 2.45) is 12.9 Å². The van der Waals surface area contributed by atoms with Crippen molar-refractivity contribution in [3.05, 3.63) is 56.5 Å². The van der Waals surface area contributed by atoms with Gasteiger partial charge in [0.05, 0.1) is 6.54 Å². The van der Waals surface area contributed by atoms with Gasteiger partial charge in [-0.3, -0.25) is 24.3 Å². The molecule has 0 amide bonds. The van der Waals surface area contributed by atoms with Crippen LogP contribution < -0.4 is 22.5 Å². The summed E-state index contributed by atoms with van der Waals surface area (Å²) in [4.78, 5) is 30.0. The Morgan fingerprint density at radius 3 is 2.77 bits per heavy atom. The summed E-state index contributed by atoms with van der Waals surface area (Å²) in [5.41, 5.74) is 1.83. The average Bonchev–Trinajstić information content (AvgIpc) is 2.86. The van der Waals surface area contributed by atoms with Gasteiger partial charge >= 0.3 is 5.69 Å². The van der Waals surface area contributed by atoms with E-state index in [2.05, 4.69) is 15.4 Å². The summed E-state index contributed by atoms with van der Waals surface area (Å²) in [6, 6.07) is 6.18. The quantitative estimate of drug-likeness (QED) is 0.462. The first-order valence-corrected chi connectivity index (χ1v) is 6.42. The Balaban J connectivity index is 2.29. The third-order valence-electron chi connectivity index (χ3n) is 3.42. The fourth-order valence-electron chi connectivity index (χ4n) is 2.30. The predicted molar refractivity (Wildman–Crippen MR) is 78.9 cm³/mol. The zero-order valence-corrected chi connectivity index (χ0v) is 11.6. The lowest BCUT2D eigenvalue weighted by Crippen LogP contribution is -2.29. The number of hydrogen-bond donors (Lipinski definition) is 3. The molecule has 9 heteroatoms. The molecule has 0 bridgehead atoms. The second kappa shape index (κ2) is 5.11. The molecule has 0 atom stereocenters. The molecule has 0 saturated carbocycles. The Hall–Kier alpha value is -2.94. The monoisotopic (exact) mass is 304 g/mol. The van der Waals surface area contributed by atoms with Crippen molar-refractivity contribution in [2.75, 3.05) is 5.43 Å². The highest BCUT2D eigenvalue weighted by molar-refractivity contribution is 5.74.